The summed E-state index contributed by atoms with van der Waals surface area (Å²) in [6.07, 6.45) is -0.859. The molecule has 4 nitrogen and oxygen atoms in total. The van der Waals surface area contributed by atoms with Gasteiger partial charge in [0.1, 0.15) is 0 Å². The highest BCUT2D eigenvalue weighted by Crippen LogP contribution is 2.21. The summed E-state index contributed by atoms with van der Waals surface area (Å²) in [4.78, 5) is 13.4. The average Bonchev–Trinajstić information content (AvgIpc) is 2.03. The van der Waals surface area contributed by atoms with Crippen molar-refractivity contribution in [2.75, 3.05) is 13.7 Å². The zero-order valence-electron chi connectivity index (χ0n) is 7.43. The number of esters is 1. The minimum atomic E-state index is -0.934. The van der Waals surface area contributed by atoms with Crippen LogP contribution in [0.4, 0.5) is 0 Å². The van der Waals surface area contributed by atoms with Gasteiger partial charge in [0, 0.05) is 6.54 Å². The van der Waals surface area contributed by atoms with Crippen molar-refractivity contribution in [1.29, 1.82) is 0 Å². The van der Waals surface area contributed by atoms with Gasteiger partial charge < -0.3 is 9.84 Å². The summed E-state index contributed by atoms with van der Waals surface area (Å²) in [6, 6.07) is 0. The molecule has 0 spiro atoms. The van der Waals surface area contributed by atoms with E-state index >= 15 is 0 Å². The summed E-state index contributed by atoms with van der Waals surface area (Å²) in [5, 5.41) is 9.43. The molecule has 0 aromatic carbocycles. The molecule has 72 valence electrons. The second kappa shape index (κ2) is 4.64. The Morgan fingerprint density at radius 1 is 1.75 bits per heavy atom. The summed E-state index contributed by atoms with van der Waals surface area (Å²) in [6.45, 7) is 3.33. The standard InChI is InChI=1S/C7H14ClNO3/c1-7(2,6(11)12-3)5(10)4-9-8/h5,9-10H,4H2,1-3H3. The predicted octanol–water partition coefficient (Wildman–Crippen LogP) is 0.290. The lowest BCUT2D eigenvalue weighted by Gasteiger charge is -2.26. The molecule has 0 fully saturated rings. The van der Waals surface area contributed by atoms with Crippen molar-refractivity contribution >= 4 is 17.7 Å². The molecule has 0 rings (SSSR count). The van der Waals surface area contributed by atoms with E-state index in [9.17, 15) is 9.90 Å². The number of aliphatic hydroxyl groups is 1. The van der Waals surface area contributed by atoms with Gasteiger partial charge in [0.05, 0.1) is 18.6 Å². The van der Waals surface area contributed by atoms with Crippen molar-refractivity contribution in [1.82, 2.24) is 4.84 Å². The van der Waals surface area contributed by atoms with E-state index in [4.69, 9.17) is 11.8 Å². The van der Waals surface area contributed by atoms with E-state index in [1.54, 1.807) is 13.8 Å². The normalized spacial score (nSPS) is 14.1. The second-order valence-corrected chi connectivity index (χ2v) is 3.33. The van der Waals surface area contributed by atoms with Crippen LogP contribution in [0.2, 0.25) is 0 Å². The number of rotatable bonds is 4. The summed E-state index contributed by atoms with van der Waals surface area (Å²) in [5.41, 5.74) is -0.934. The largest absolute Gasteiger partial charge is 0.469 e. The van der Waals surface area contributed by atoms with Crippen LogP contribution in [0.25, 0.3) is 0 Å². The molecule has 1 unspecified atom stereocenters. The number of aliphatic hydroxyl groups excluding tert-OH is 1. The summed E-state index contributed by atoms with van der Waals surface area (Å²) in [5.74, 6) is -0.457. The molecule has 0 aliphatic heterocycles. The lowest BCUT2D eigenvalue weighted by molar-refractivity contribution is -0.156. The quantitative estimate of drug-likeness (QED) is 0.500. The summed E-state index contributed by atoms with van der Waals surface area (Å²) < 4.78 is 4.51. The maximum atomic E-state index is 11.1. The Labute approximate surface area is 77.0 Å². The number of methoxy groups -OCH3 is 1. The Bertz CT molecular complexity index is 161. The van der Waals surface area contributed by atoms with E-state index in [0.717, 1.165) is 0 Å². The van der Waals surface area contributed by atoms with E-state index in [1.165, 1.54) is 7.11 Å². The third kappa shape index (κ3) is 2.62. The van der Waals surface area contributed by atoms with Crippen LogP contribution in [-0.4, -0.2) is 30.8 Å². The van der Waals surface area contributed by atoms with Crippen LogP contribution in [0.5, 0.6) is 0 Å². The highest BCUT2D eigenvalue weighted by Gasteiger charge is 2.36. The van der Waals surface area contributed by atoms with Gasteiger partial charge in [-0.2, -0.15) is 0 Å². The Hall–Kier alpha value is -0.320. The fourth-order valence-electron chi connectivity index (χ4n) is 0.727. The van der Waals surface area contributed by atoms with Crippen LogP contribution >= 0.6 is 11.8 Å². The van der Waals surface area contributed by atoms with Crippen LogP contribution < -0.4 is 4.84 Å². The summed E-state index contributed by atoms with van der Waals surface area (Å²) >= 11 is 5.19. The number of carbonyl (C=O) groups excluding carboxylic acids is 1. The first-order chi connectivity index (χ1) is 5.46. The number of hydrogen-bond acceptors (Lipinski definition) is 4. The van der Waals surface area contributed by atoms with Crippen LogP contribution in [-0.2, 0) is 9.53 Å². The predicted molar refractivity (Wildman–Crippen MR) is 45.7 cm³/mol. The molecule has 0 amide bonds. The second-order valence-electron chi connectivity index (χ2n) is 3.07. The Morgan fingerprint density at radius 3 is 2.58 bits per heavy atom. The molecule has 2 N–H and O–H groups in total. The van der Waals surface area contributed by atoms with E-state index in [1.807, 2.05) is 0 Å². The fourth-order valence-corrected chi connectivity index (χ4v) is 0.873. The van der Waals surface area contributed by atoms with Gasteiger partial charge in [-0.3, -0.25) is 4.79 Å². The molecule has 0 saturated heterocycles. The minimum absolute atomic E-state index is 0.143. The molecular formula is C7H14ClNO3. The topological polar surface area (TPSA) is 58.6 Å². The van der Waals surface area contributed by atoms with Gasteiger partial charge in [0.25, 0.3) is 0 Å². The van der Waals surface area contributed by atoms with Crippen molar-refractivity contribution in [2.45, 2.75) is 20.0 Å². The molecule has 0 saturated carbocycles. The smallest absolute Gasteiger partial charge is 0.313 e. The van der Waals surface area contributed by atoms with Crippen molar-refractivity contribution in [2.24, 2.45) is 5.41 Å². The van der Waals surface area contributed by atoms with Crippen molar-refractivity contribution in [3.63, 3.8) is 0 Å². The van der Waals surface area contributed by atoms with Crippen LogP contribution in [0.1, 0.15) is 13.8 Å². The molecule has 5 heteroatoms. The Morgan fingerprint density at radius 2 is 2.25 bits per heavy atom. The molecule has 1 atom stereocenters. The SMILES string of the molecule is COC(=O)C(C)(C)C(O)CNCl. The van der Waals surface area contributed by atoms with E-state index in [0.29, 0.717) is 0 Å². The van der Waals surface area contributed by atoms with Crippen molar-refractivity contribution in [3.05, 3.63) is 0 Å². The number of nitrogens with one attached hydrogen (secondary N) is 1. The van der Waals surface area contributed by atoms with E-state index < -0.39 is 17.5 Å². The molecule has 0 radical (unpaired) electrons. The van der Waals surface area contributed by atoms with Crippen molar-refractivity contribution in [3.8, 4) is 0 Å². The fraction of sp³-hybridized carbons (Fsp3) is 0.857. The van der Waals surface area contributed by atoms with Gasteiger partial charge in [-0.25, -0.2) is 4.84 Å². The molecule has 0 aromatic heterocycles. The number of carbonyl (C=O) groups is 1. The molecule has 0 aromatic rings. The highest BCUT2D eigenvalue weighted by atomic mass is 35.5. The van der Waals surface area contributed by atoms with Gasteiger partial charge in [-0.15, -0.1) is 0 Å². The van der Waals surface area contributed by atoms with Crippen molar-refractivity contribution < 1.29 is 14.6 Å². The van der Waals surface area contributed by atoms with Gasteiger partial charge in [0.15, 0.2) is 0 Å². The van der Waals surface area contributed by atoms with Crippen LogP contribution in [0.3, 0.4) is 0 Å². The average molecular weight is 196 g/mol. The first kappa shape index (κ1) is 11.7. The van der Waals surface area contributed by atoms with E-state index in [2.05, 4.69) is 9.57 Å². The van der Waals surface area contributed by atoms with Gasteiger partial charge >= 0.3 is 5.97 Å². The Balaban J connectivity index is 4.26. The molecule has 0 bridgehead atoms. The number of halogens is 1. The summed E-state index contributed by atoms with van der Waals surface area (Å²) in [7, 11) is 1.28. The van der Waals surface area contributed by atoms with Gasteiger partial charge in [-0.05, 0) is 25.6 Å². The van der Waals surface area contributed by atoms with Crippen LogP contribution in [0.15, 0.2) is 0 Å². The maximum Gasteiger partial charge on any atom is 0.313 e. The zero-order valence-corrected chi connectivity index (χ0v) is 8.18. The number of ether oxygens (including phenoxy) is 1. The Kier molecular flexibility index (Phi) is 4.52. The molecule has 0 aliphatic rings. The first-order valence-corrected chi connectivity index (χ1v) is 3.94. The highest BCUT2D eigenvalue weighted by molar-refractivity contribution is 6.13. The van der Waals surface area contributed by atoms with E-state index in [-0.39, 0.29) is 6.54 Å². The first-order valence-electron chi connectivity index (χ1n) is 3.56. The monoisotopic (exact) mass is 195 g/mol. The number of hydrogen-bond donors (Lipinski definition) is 2. The lowest BCUT2D eigenvalue weighted by atomic mass is 9.87. The molecule has 12 heavy (non-hydrogen) atoms. The van der Waals surface area contributed by atoms with Gasteiger partial charge in [0.2, 0.25) is 0 Å². The molecular weight excluding hydrogens is 182 g/mol. The third-order valence-corrected chi connectivity index (χ3v) is 1.97. The minimum Gasteiger partial charge on any atom is -0.469 e. The molecule has 0 aliphatic carbocycles. The van der Waals surface area contributed by atoms with Gasteiger partial charge in [-0.1, -0.05) is 0 Å². The molecule has 0 heterocycles. The lowest BCUT2D eigenvalue weighted by Crippen LogP contribution is -2.42. The third-order valence-electron chi connectivity index (χ3n) is 1.82. The maximum absolute atomic E-state index is 11.1. The van der Waals surface area contributed by atoms with Crippen LogP contribution in [0, 0.1) is 5.41 Å². The zero-order chi connectivity index (χ0) is 9.78.